The highest BCUT2D eigenvalue weighted by atomic mass is 35.5. The van der Waals surface area contributed by atoms with Crippen molar-refractivity contribution in [2.24, 2.45) is 0 Å². The number of nitrogens with one attached hydrogen (secondary N) is 1. The maximum atomic E-state index is 12.3. The molecule has 1 amide bonds. The average Bonchev–Trinajstić information content (AvgIpc) is 2.95. The van der Waals surface area contributed by atoms with Crippen molar-refractivity contribution >= 4 is 34.7 Å². The van der Waals surface area contributed by atoms with Gasteiger partial charge < -0.3 is 15.6 Å². The molecule has 2 rings (SSSR count). The number of carbonyl (C=O) groups is 1. The van der Waals surface area contributed by atoms with Crippen LogP contribution in [0.15, 0.2) is 16.7 Å². The largest absolute Gasteiger partial charge is 0.367 e. The van der Waals surface area contributed by atoms with Crippen molar-refractivity contribution in [1.82, 2.24) is 10.5 Å². The number of hydrogen-bond acceptors (Lipinski definition) is 5. The van der Waals surface area contributed by atoms with Crippen LogP contribution in [0.25, 0.3) is 10.6 Å². The fourth-order valence-corrected chi connectivity index (χ4v) is 2.96. The lowest BCUT2D eigenvalue weighted by Gasteiger charge is -2.12. The number of nitrogens with zero attached hydrogens (tertiary/aromatic N) is 1. The smallest absolute Gasteiger partial charge is 0.259 e. The number of carbonyl (C=O) groups excluding carboxylic acids is 1. The van der Waals surface area contributed by atoms with Gasteiger partial charge in [0.25, 0.3) is 5.91 Å². The summed E-state index contributed by atoms with van der Waals surface area (Å²) in [6.45, 7) is 4.02. The minimum absolute atomic E-state index is 0.0192. The van der Waals surface area contributed by atoms with Gasteiger partial charge in [0, 0.05) is 6.04 Å². The Kier molecular flexibility index (Phi) is 4.67. The van der Waals surface area contributed by atoms with E-state index in [0.29, 0.717) is 10.0 Å². The molecule has 1 unspecified atom stereocenters. The summed E-state index contributed by atoms with van der Waals surface area (Å²) in [4.78, 5) is 13.0. The van der Waals surface area contributed by atoms with Gasteiger partial charge in [-0.25, -0.2) is 0 Å². The zero-order valence-electron chi connectivity index (χ0n) is 11.3. The summed E-state index contributed by atoms with van der Waals surface area (Å²) < 4.78 is 5.57. The van der Waals surface area contributed by atoms with Crippen molar-refractivity contribution in [1.29, 1.82) is 0 Å². The fraction of sp³-hybridized carbons (Fsp3) is 0.385. The zero-order valence-corrected chi connectivity index (χ0v) is 12.8. The molecule has 0 aliphatic rings. The molecule has 7 heteroatoms. The number of thiophene rings is 1. The third-order valence-electron chi connectivity index (χ3n) is 2.85. The van der Waals surface area contributed by atoms with Gasteiger partial charge in [-0.2, -0.15) is 0 Å². The van der Waals surface area contributed by atoms with Crippen molar-refractivity contribution < 1.29 is 9.32 Å². The second-order valence-corrected chi connectivity index (χ2v) is 6.25. The van der Waals surface area contributed by atoms with Crippen LogP contribution in [0.4, 0.5) is 5.88 Å². The average molecular weight is 314 g/mol. The van der Waals surface area contributed by atoms with E-state index in [1.54, 1.807) is 12.1 Å². The molecule has 0 radical (unpaired) electrons. The Morgan fingerprint density at radius 2 is 2.35 bits per heavy atom. The monoisotopic (exact) mass is 313 g/mol. The molecule has 108 valence electrons. The van der Waals surface area contributed by atoms with Crippen LogP contribution in [0.3, 0.4) is 0 Å². The van der Waals surface area contributed by atoms with Crippen molar-refractivity contribution in [2.75, 3.05) is 5.73 Å². The van der Waals surface area contributed by atoms with E-state index >= 15 is 0 Å². The van der Waals surface area contributed by atoms with Crippen LogP contribution in [-0.4, -0.2) is 17.1 Å². The Morgan fingerprint density at radius 3 is 2.95 bits per heavy atom. The predicted octanol–water partition coefficient (Wildman–Crippen LogP) is 3.56. The molecule has 2 heterocycles. The third kappa shape index (κ3) is 3.13. The highest BCUT2D eigenvalue weighted by Gasteiger charge is 2.24. The summed E-state index contributed by atoms with van der Waals surface area (Å²) in [5.74, 6) is -0.255. The number of nitrogens with two attached hydrogens (primary N) is 1. The summed E-state index contributed by atoms with van der Waals surface area (Å²) in [5.41, 5.74) is 6.42. The van der Waals surface area contributed by atoms with E-state index in [9.17, 15) is 4.79 Å². The normalized spacial score (nSPS) is 12.3. The molecule has 0 aliphatic carbocycles. The molecule has 0 aliphatic heterocycles. The molecule has 0 fully saturated rings. The van der Waals surface area contributed by atoms with Gasteiger partial charge in [0.15, 0.2) is 0 Å². The number of amides is 1. The molecule has 1 atom stereocenters. The first-order valence-corrected chi connectivity index (χ1v) is 7.54. The molecule has 5 nitrogen and oxygen atoms in total. The van der Waals surface area contributed by atoms with E-state index in [1.807, 2.05) is 6.92 Å². The molecule has 0 saturated heterocycles. The number of nitrogen functional groups attached to an aromatic ring is 1. The second kappa shape index (κ2) is 6.28. The van der Waals surface area contributed by atoms with Gasteiger partial charge in [-0.05, 0) is 25.5 Å². The predicted molar refractivity (Wildman–Crippen MR) is 81.1 cm³/mol. The lowest BCUT2D eigenvalue weighted by atomic mass is 10.1. The van der Waals surface area contributed by atoms with E-state index in [1.165, 1.54) is 11.3 Å². The Bertz CT molecular complexity index is 609. The van der Waals surface area contributed by atoms with Crippen LogP contribution in [-0.2, 0) is 0 Å². The number of aromatic nitrogens is 1. The van der Waals surface area contributed by atoms with Crippen molar-refractivity contribution in [3.63, 3.8) is 0 Å². The van der Waals surface area contributed by atoms with Crippen LogP contribution in [0.1, 0.15) is 37.0 Å². The Hall–Kier alpha value is -1.53. The van der Waals surface area contributed by atoms with E-state index in [2.05, 4.69) is 17.4 Å². The van der Waals surface area contributed by atoms with Gasteiger partial charge in [0.05, 0.1) is 9.21 Å². The maximum Gasteiger partial charge on any atom is 0.259 e. The van der Waals surface area contributed by atoms with E-state index in [4.69, 9.17) is 21.9 Å². The molecule has 2 aromatic heterocycles. The van der Waals surface area contributed by atoms with Crippen molar-refractivity contribution in [3.8, 4) is 10.6 Å². The Balaban J connectivity index is 2.27. The maximum absolute atomic E-state index is 12.3. The lowest BCUT2D eigenvalue weighted by Crippen LogP contribution is -2.32. The van der Waals surface area contributed by atoms with Gasteiger partial charge >= 0.3 is 0 Å². The van der Waals surface area contributed by atoms with E-state index < -0.39 is 0 Å². The van der Waals surface area contributed by atoms with Gasteiger partial charge in [0.2, 0.25) is 5.88 Å². The van der Waals surface area contributed by atoms with E-state index in [0.717, 1.165) is 17.7 Å². The van der Waals surface area contributed by atoms with Crippen LogP contribution < -0.4 is 11.1 Å². The van der Waals surface area contributed by atoms with Gasteiger partial charge in [-0.3, -0.25) is 4.79 Å². The first kappa shape index (κ1) is 14.9. The SMILES string of the molecule is CCCC(C)NC(=O)c1c(-c2ccc(Cl)s2)noc1N. The molecule has 0 spiro atoms. The number of rotatable bonds is 5. The zero-order chi connectivity index (χ0) is 14.7. The lowest BCUT2D eigenvalue weighted by molar-refractivity contribution is 0.0939. The second-order valence-electron chi connectivity index (χ2n) is 4.54. The van der Waals surface area contributed by atoms with Crippen molar-refractivity contribution in [3.05, 3.63) is 22.0 Å². The molecule has 20 heavy (non-hydrogen) atoms. The molecule has 0 aromatic carbocycles. The van der Waals surface area contributed by atoms with Crippen LogP contribution in [0, 0.1) is 0 Å². The van der Waals surface area contributed by atoms with E-state index in [-0.39, 0.29) is 23.4 Å². The molecule has 3 N–H and O–H groups in total. The minimum Gasteiger partial charge on any atom is -0.367 e. The molecule has 0 saturated carbocycles. The summed E-state index contributed by atoms with van der Waals surface area (Å²) in [5, 5.41) is 6.76. The summed E-state index contributed by atoms with van der Waals surface area (Å²) >= 11 is 7.23. The highest BCUT2D eigenvalue weighted by Crippen LogP contribution is 2.34. The molecule has 2 aromatic rings. The minimum atomic E-state index is -0.274. The molecular weight excluding hydrogens is 298 g/mol. The molecule has 0 bridgehead atoms. The Morgan fingerprint density at radius 1 is 1.60 bits per heavy atom. The third-order valence-corrected chi connectivity index (χ3v) is 4.09. The van der Waals surface area contributed by atoms with Gasteiger partial charge in [-0.1, -0.05) is 30.1 Å². The first-order chi connectivity index (χ1) is 9.52. The molecular formula is C13H16ClN3O2S. The number of anilines is 1. The first-order valence-electron chi connectivity index (χ1n) is 6.34. The fourth-order valence-electron chi connectivity index (χ4n) is 1.93. The van der Waals surface area contributed by atoms with Crippen molar-refractivity contribution in [2.45, 2.75) is 32.7 Å². The number of halogens is 1. The summed E-state index contributed by atoms with van der Waals surface area (Å²) in [6.07, 6.45) is 1.89. The van der Waals surface area contributed by atoms with Gasteiger partial charge in [-0.15, -0.1) is 11.3 Å². The standard InChI is InChI=1S/C13H16ClN3O2S/c1-3-4-7(2)16-13(18)10-11(17-19-12(10)15)8-5-6-9(14)20-8/h5-7H,3-4,15H2,1-2H3,(H,16,18). The summed E-state index contributed by atoms with van der Waals surface area (Å²) in [6, 6.07) is 3.60. The van der Waals surface area contributed by atoms with Crippen LogP contribution >= 0.6 is 22.9 Å². The number of hydrogen-bond donors (Lipinski definition) is 2. The van der Waals surface area contributed by atoms with Crippen LogP contribution in [0.5, 0.6) is 0 Å². The summed E-state index contributed by atoms with van der Waals surface area (Å²) in [7, 11) is 0. The van der Waals surface area contributed by atoms with Crippen LogP contribution in [0.2, 0.25) is 4.34 Å². The van der Waals surface area contributed by atoms with Gasteiger partial charge in [0.1, 0.15) is 11.3 Å². The topological polar surface area (TPSA) is 81.2 Å². The quantitative estimate of drug-likeness (QED) is 0.884. The Labute approximate surface area is 126 Å². The highest BCUT2D eigenvalue weighted by molar-refractivity contribution is 7.19.